The molecule has 0 aromatic carbocycles. The van der Waals surface area contributed by atoms with E-state index in [9.17, 15) is 4.79 Å². The molecule has 0 radical (unpaired) electrons. The van der Waals surface area contributed by atoms with Crippen LogP contribution in [0, 0.1) is 6.92 Å². The fourth-order valence-corrected chi connectivity index (χ4v) is 1.99. The summed E-state index contributed by atoms with van der Waals surface area (Å²) in [5.41, 5.74) is 2.78. The van der Waals surface area contributed by atoms with Crippen molar-refractivity contribution in [1.82, 2.24) is 15.6 Å². The van der Waals surface area contributed by atoms with Crippen LogP contribution in [0.2, 0.25) is 0 Å². The van der Waals surface area contributed by atoms with Crippen molar-refractivity contribution in [2.75, 3.05) is 19.6 Å². The fourth-order valence-electron chi connectivity index (χ4n) is 1.99. The van der Waals surface area contributed by atoms with Crippen LogP contribution < -0.4 is 10.6 Å². The fraction of sp³-hybridized carbons (Fsp3) is 0.429. The van der Waals surface area contributed by atoms with E-state index in [0.717, 1.165) is 31.6 Å². The topological polar surface area (TPSA) is 54.0 Å². The monoisotopic (exact) mass is 245 g/mol. The van der Waals surface area contributed by atoms with E-state index in [2.05, 4.69) is 21.7 Å². The lowest BCUT2D eigenvalue weighted by molar-refractivity contribution is 0.0949. The summed E-state index contributed by atoms with van der Waals surface area (Å²) in [6.45, 7) is 4.55. The molecule has 1 amide bonds. The first-order valence-electron chi connectivity index (χ1n) is 6.36. The number of nitrogens with zero attached hydrogens (tertiary/aromatic N) is 1. The molecule has 1 aliphatic rings. The van der Waals surface area contributed by atoms with Gasteiger partial charge >= 0.3 is 0 Å². The van der Waals surface area contributed by atoms with Gasteiger partial charge < -0.3 is 10.6 Å². The van der Waals surface area contributed by atoms with Gasteiger partial charge in [-0.1, -0.05) is 17.7 Å². The maximum Gasteiger partial charge on any atom is 0.269 e. The lowest BCUT2D eigenvalue weighted by Crippen LogP contribution is -2.27. The Kier molecular flexibility index (Phi) is 4.47. The van der Waals surface area contributed by atoms with Gasteiger partial charge in [0.05, 0.1) is 0 Å². The second-order valence-corrected chi connectivity index (χ2v) is 4.49. The predicted molar refractivity (Wildman–Crippen MR) is 71.5 cm³/mol. The molecule has 1 aromatic heterocycles. The van der Waals surface area contributed by atoms with Crippen LogP contribution in [0.25, 0.3) is 0 Å². The van der Waals surface area contributed by atoms with Crippen LogP contribution in [0.15, 0.2) is 29.8 Å². The Morgan fingerprint density at radius 3 is 3.11 bits per heavy atom. The van der Waals surface area contributed by atoms with Crippen LogP contribution in [0.4, 0.5) is 0 Å². The van der Waals surface area contributed by atoms with Crippen LogP contribution in [0.1, 0.15) is 29.0 Å². The second kappa shape index (κ2) is 6.31. The summed E-state index contributed by atoms with van der Waals surface area (Å²) in [4.78, 5) is 16.0. The first-order chi connectivity index (χ1) is 8.75. The largest absolute Gasteiger partial charge is 0.350 e. The average molecular weight is 245 g/mol. The maximum atomic E-state index is 11.8. The highest BCUT2D eigenvalue weighted by Gasteiger charge is 2.07. The quantitative estimate of drug-likeness (QED) is 0.789. The van der Waals surface area contributed by atoms with Gasteiger partial charge in [-0.25, -0.2) is 4.98 Å². The van der Waals surface area contributed by atoms with Crippen LogP contribution in [-0.2, 0) is 0 Å². The van der Waals surface area contributed by atoms with Crippen molar-refractivity contribution in [1.29, 1.82) is 0 Å². The Balaban J connectivity index is 1.79. The molecule has 0 atom stereocenters. The van der Waals surface area contributed by atoms with E-state index < -0.39 is 0 Å². The zero-order valence-electron chi connectivity index (χ0n) is 10.7. The van der Waals surface area contributed by atoms with Gasteiger partial charge in [0.2, 0.25) is 0 Å². The molecule has 0 aliphatic carbocycles. The lowest BCUT2D eigenvalue weighted by atomic mass is 10.1. The highest BCUT2D eigenvalue weighted by Crippen LogP contribution is 2.08. The molecule has 0 fully saturated rings. The van der Waals surface area contributed by atoms with Crippen molar-refractivity contribution in [3.63, 3.8) is 0 Å². The molecule has 18 heavy (non-hydrogen) atoms. The van der Waals surface area contributed by atoms with Crippen molar-refractivity contribution in [3.05, 3.63) is 41.2 Å². The van der Waals surface area contributed by atoms with Crippen molar-refractivity contribution in [2.45, 2.75) is 19.8 Å². The molecule has 0 saturated carbocycles. The molecule has 2 heterocycles. The first-order valence-corrected chi connectivity index (χ1v) is 6.36. The number of aromatic nitrogens is 1. The molecule has 0 bridgehead atoms. The number of rotatable bonds is 4. The summed E-state index contributed by atoms with van der Waals surface area (Å²) in [6.07, 6.45) is 4.22. The zero-order chi connectivity index (χ0) is 12.8. The SMILES string of the molecule is Cc1cccc(C(=O)NCCC2=CCNCC2)n1. The number of hydrogen-bond acceptors (Lipinski definition) is 3. The van der Waals surface area contributed by atoms with Crippen LogP contribution >= 0.6 is 0 Å². The van der Waals surface area contributed by atoms with Gasteiger partial charge in [-0.05, 0) is 38.4 Å². The average Bonchev–Trinajstić information content (AvgIpc) is 2.40. The minimum Gasteiger partial charge on any atom is -0.350 e. The molecule has 4 nitrogen and oxygen atoms in total. The molecule has 0 saturated heterocycles. The van der Waals surface area contributed by atoms with Crippen LogP contribution in [0.3, 0.4) is 0 Å². The Labute approximate surface area is 108 Å². The smallest absolute Gasteiger partial charge is 0.269 e. The van der Waals surface area contributed by atoms with Crippen molar-refractivity contribution in [2.24, 2.45) is 0 Å². The Morgan fingerprint density at radius 1 is 1.50 bits per heavy atom. The summed E-state index contributed by atoms with van der Waals surface area (Å²) in [5, 5.41) is 6.18. The third-order valence-electron chi connectivity index (χ3n) is 3.01. The first kappa shape index (κ1) is 12.8. The molecule has 1 aromatic rings. The molecular weight excluding hydrogens is 226 g/mol. The van der Waals surface area contributed by atoms with E-state index in [-0.39, 0.29) is 5.91 Å². The Bertz CT molecular complexity index is 454. The van der Waals surface area contributed by atoms with Crippen molar-refractivity contribution >= 4 is 5.91 Å². The zero-order valence-corrected chi connectivity index (χ0v) is 10.7. The normalized spacial score (nSPS) is 15.1. The van der Waals surface area contributed by atoms with E-state index in [1.807, 2.05) is 19.1 Å². The molecule has 1 aliphatic heterocycles. The summed E-state index contributed by atoms with van der Waals surface area (Å²) in [5.74, 6) is -0.0896. The van der Waals surface area contributed by atoms with Gasteiger partial charge in [-0.2, -0.15) is 0 Å². The van der Waals surface area contributed by atoms with Gasteiger partial charge in [0.15, 0.2) is 0 Å². The van der Waals surface area contributed by atoms with Gasteiger partial charge in [-0.15, -0.1) is 0 Å². The van der Waals surface area contributed by atoms with Crippen LogP contribution in [0.5, 0.6) is 0 Å². The molecular formula is C14H19N3O. The number of carbonyl (C=O) groups is 1. The van der Waals surface area contributed by atoms with Gasteiger partial charge in [-0.3, -0.25) is 4.79 Å². The van der Waals surface area contributed by atoms with Crippen molar-refractivity contribution < 1.29 is 4.79 Å². The molecule has 2 N–H and O–H groups in total. The molecule has 0 unspecified atom stereocenters. The number of aryl methyl sites for hydroxylation is 1. The summed E-state index contributed by atoms with van der Waals surface area (Å²) in [6, 6.07) is 5.48. The summed E-state index contributed by atoms with van der Waals surface area (Å²) >= 11 is 0. The summed E-state index contributed by atoms with van der Waals surface area (Å²) in [7, 11) is 0. The van der Waals surface area contributed by atoms with Gasteiger partial charge in [0.1, 0.15) is 5.69 Å². The van der Waals surface area contributed by atoms with E-state index in [0.29, 0.717) is 12.2 Å². The van der Waals surface area contributed by atoms with Crippen molar-refractivity contribution in [3.8, 4) is 0 Å². The van der Waals surface area contributed by atoms with E-state index >= 15 is 0 Å². The van der Waals surface area contributed by atoms with E-state index in [4.69, 9.17) is 0 Å². The third-order valence-corrected chi connectivity index (χ3v) is 3.01. The second-order valence-electron chi connectivity index (χ2n) is 4.49. The van der Waals surface area contributed by atoms with E-state index in [1.54, 1.807) is 6.07 Å². The highest BCUT2D eigenvalue weighted by atomic mass is 16.1. The van der Waals surface area contributed by atoms with Gasteiger partial charge in [0, 0.05) is 18.8 Å². The lowest BCUT2D eigenvalue weighted by Gasteiger charge is -2.14. The number of hydrogen-bond donors (Lipinski definition) is 2. The third kappa shape index (κ3) is 3.67. The Hall–Kier alpha value is -1.68. The standard InChI is InChI=1S/C14H19N3O/c1-11-3-2-4-13(17-11)14(18)16-10-7-12-5-8-15-9-6-12/h2-5,15H,6-10H2,1H3,(H,16,18). The molecule has 0 spiro atoms. The minimum absolute atomic E-state index is 0.0896. The Morgan fingerprint density at radius 2 is 2.39 bits per heavy atom. The number of pyridine rings is 1. The van der Waals surface area contributed by atoms with Gasteiger partial charge in [0.25, 0.3) is 5.91 Å². The molecule has 4 heteroatoms. The van der Waals surface area contributed by atoms with E-state index in [1.165, 1.54) is 5.57 Å². The summed E-state index contributed by atoms with van der Waals surface area (Å²) < 4.78 is 0. The number of amides is 1. The highest BCUT2D eigenvalue weighted by molar-refractivity contribution is 5.92. The molecule has 96 valence electrons. The number of carbonyl (C=O) groups excluding carboxylic acids is 1. The van der Waals surface area contributed by atoms with Crippen LogP contribution in [-0.4, -0.2) is 30.5 Å². The predicted octanol–water partition coefficient (Wildman–Crippen LogP) is 1.43. The minimum atomic E-state index is -0.0896. The maximum absolute atomic E-state index is 11.8. The molecule has 2 rings (SSSR count). The number of nitrogens with one attached hydrogen (secondary N) is 2.